The van der Waals surface area contributed by atoms with Gasteiger partial charge in [-0.2, -0.15) is 8.78 Å². The van der Waals surface area contributed by atoms with Crippen LogP contribution >= 0.6 is 22.9 Å². The van der Waals surface area contributed by atoms with Crippen LogP contribution in [0.15, 0.2) is 54.6 Å². The van der Waals surface area contributed by atoms with E-state index in [-0.39, 0.29) is 12.6 Å². The van der Waals surface area contributed by atoms with Gasteiger partial charge in [-0.05, 0) is 86.3 Å². The van der Waals surface area contributed by atoms with E-state index in [1.54, 1.807) is 18.2 Å². The lowest BCUT2D eigenvalue weighted by atomic mass is 10.0. The van der Waals surface area contributed by atoms with Crippen molar-refractivity contribution >= 4 is 28.8 Å². The van der Waals surface area contributed by atoms with Crippen LogP contribution in [0.25, 0.3) is 10.4 Å². The Bertz CT molecular complexity index is 1280. The predicted molar refractivity (Wildman–Crippen MR) is 141 cm³/mol. The van der Waals surface area contributed by atoms with Crippen molar-refractivity contribution < 1.29 is 27.8 Å². The third-order valence-corrected chi connectivity index (χ3v) is 8.30. The van der Waals surface area contributed by atoms with Gasteiger partial charge in [-0.1, -0.05) is 29.8 Å². The zero-order chi connectivity index (χ0) is 26.9. The lowest BCUT2D eigenvalue weighted by molar-refractivity contribution is -0.148. The highest BCUT2D eigenvalue weighted by molar-refractivity contribution is 7.15. The Morgan fingerprint density at radius 1 is 1.13 bits per heavy atom. The zero-order valence-corrected chi connectivity index (χ0v) is 22.1. The number of aliphatic hydroxyl groups is 1. The maximum atomic E-state index is 15.3. The Labute approximate surface area is 228 Å². The summed E-state index contributed by atoms with van der Waals surface area (Å²) < 4.78 is 49.7. The van der Waals surface area contributed by atoms with Crippen LogP contribution in [0.1, 0.15) is 42.2 Å². The van der Waals surface area contributed by atoms with Gasteiger partial charge in [0.05, 0.1) is 22.0 Å². The van der Waals surface area contributed by atoms with E-state index in [0.29, 0.717) is 26.8 Å². The fourth-order valence-corrected chi connectivity index (χ4v) is 5.73. The van der Waals surface area contributed by atoms with Crippen LogP contribution in [-0.4, -0.2) is 47.7 Å². The van der Waals surface area contributed by atoms with Crippen molar-refractivity contribution in [1.29, 1.82) is 0 Å². The van der Waals surface area contributed by atoms with Crippen LogP contribution in [0, 0.1) is 5.82 Å². The molecule has 10 heteroatoms. The van der Waals surface area contributed by atoms with Crippen molar-refractivity contribution in [3.8, 4) is 16.2 Å². The fourth-order valence-electron chi connectivity index (χ4n) is 4.51. The molecule has 2 atom stereocenters. The van der Waals surface area contributed by atoms with Crippen LogP contribution < -0.4 is 10.1 Å². The van der Waals surface area contributed by atoms with E-state index in [2.05, 4.69) is 5.32 Å². The third kappa shape index (κ3) is 6.17. The Morgan fingerprint density at radius 3 is 2.50 bits per heavy atom. The van der Waals surface area contributed by atoms with Crippen LogP contribution in [0.3, 0.4) is 0 Å². The van der Waals surface area contributed by atoms with Crippen LogP contribution in [0.5, 0.6) is 5.75 Å². The number of nitrogens with one attached hydrogen (secondary N) is 1. The van der Waals surface area contributed by atoms with Gasteiger partial charge in [-0.15, -0.1) is 11.3 Å². The number of hydrogen-bond acceptors (Lipinski definition) is 5. The van der Waals surface area contributed by atoms with Gasteiger partial charge >= 0.3 is 5.92 Å². The molecule has 3 aromatic rings. The van der Waals surface area contributed by atoms with Crippen molar-refractivity contribution in [2.45, 2.75) is 49.9 Å². The smallest absolute Gasteiger partial charge is 0.358 e. The molecule has 1 aromatic heterocycles. The summed E-state index contributed by atoms with van der Waals surface area (Å²) in [7, 11) is 0. The van der Waals surface area contributed by atoms with Crippen LogP contribution in [0.4, 0.5) is 13.2 Å². The first-order valence-electron chi connectivity index (χ1n) is 12.6. The Morgan fingerprint density at radius 2 is 1.84 bits per heavy atom. The van der Waals surface area contributed by atoms with E-state index < -0.39 is 34.7 Å². The summed E-state index contributed by atoms with van der Waals surface area (Å²) >= 11 is 7.13. The molecule has 0 radical (unpaired) electrons. The molecule has 2 N–H and O–H groups in total. The molecular formula is C28H28ClF3N2O3S. The molecule has 1 saturated heterocycles. The molecule has 38 heavy (non-hydrogen) atoms. The minimum atomic E-state index is -3.83. The first-order valence-corrected chi connectivity index (χ1v) is 13.8. The summed E-state index contributed by atoms with van der Waals surface area (Å²) in [5.41, 5.74) is 0.980. The highest BCUT2D eigenvalue weighted by Crippen LogP contribution is 2.39. The molecule has 1 aliphatic carbocycles. The number of likely N-dealkylation sites (tertiary alicyclic amines) is 1. The standard InChI is InChI=1S/C28H28ClF3N2O3S/c29-21-15-18(5-10-23(21)37-20-8-9-20)26(35)22(16-34-13-1-2-14-34)33-27(36)28(31,32)25-12-11-24(38-25)17-3-6-19(30)7-4-17/h3-7,10-12,15,20,22,26,35H,1-2,8-9,13-14,16H2,(H,33,36). The van der Waals surface area contributed by atoms with Crippen LogP contribution in [-0.2, 0) is 10.7 Å². The molecule has 2 unspecified atom stereocenters. The number of alkyl halides is 2. The highest BCUT2D eigenvalue weighted by Gasteiger charge is 2.44. The van der Waals surface area contributed by atoms with Gasteiger partial charge in [0.25, 0.3) is 5.91 Å². The minimum Gasteiger partial charge on any atom is -0.489 e. The first-order chi connectivity index (χ1) is 18.2. The molecular weight excluding hydrogens is 537 g/mol. The van der Waals surface area contributed by atoms with Crippen LogP contribution in [0.2, 0.25) is 5.02 Å². The number of thiophene rings is 1. The van der Waals surface area contributed by atoms with E-state index in [4.69, 9.17) is 16.3 Å². The molecule has 0 spiro atoms. The Balaban J connectivity index is 1.34. The summed E-state index contributed by atoms with van der Waals surface area (Å²) in [5, 5.41) is 13.9. The summed E-state index contributed by atoms with van der Waals surface area (Å²) in [5.74, 6) is -5.24. The quantitative estimate of drug-likeness (QED) is 0.310. The number of ether oxygens (including phenoxy) is 1. The van der Waals surface area contributed by atoms with E-state index in [0.717, 1.165) is 50.1 Å². The third-order valence-electron chi connectivity index (χ3n) is 6.80. The predicted octanol–water partition coefficient (Wildman–Crippen LogP) is 6.15. The number of carbonyl (C=O) groups excluding carboxylic acids is 1. The van der Waals surface area contributed by atoms with Crippen molar-refractivity contribution in [2.24, 2.45) is 0 Å². The molecule has 5 rings (SSSR count). The monoisotopic (exact) mass is 564 g/mol. The van der Waals surface area contributed by atoms with Gasteiger partial charge in [0, 0.05) is 11.4 Å². The highest BCUT2D eigenvalue weighted by atomic mass is 35.5. The second-order valence-corrected chi connectivity index (χ2v) is 11.3. The number of hydrogen-bond donors (Lipinski definition) is 2. The fraction of sp³-hybridized carbons (Fsp3) is 0.393. The first kappa shape index (κ1) is 27.0. The summed E-state index contributed by atoms with van der Waals surface area (Å²) in [6.07, 6.45) is 2.75. The second-order valence-electron chi connectivity index (χ2n) is 9.78. The van der Waals surface area contributed by atoms with Gasteiger partial charge in [0.2, 0.25) is 0 Å². The average Bonchev–Trinajstić information content (AvgIpc) is 3.33. The molecule has 1 saturated carbocycles. The van der Waals surface area contributed by atoms with Gasteiger partial charge in [0.1, 0.15) is 17.7 Å². The normalized spacial score (nSPS) is 17.8. The van der Waals surface area contributed by atoms with Gasteiger partial charge < -0.3 is 20.1 Å². The summed E-state index contributed by atoms with van der Waals surface area (Å²) in [6.45, 7) is 1.74. The topological polar surface area (TPSA) is 61.8 Å². The van der Waals surface area contributed by atoms with E-state index in [9.17, 15) is 14.3 Å². The lowest BCUT2D eigenvalue weighted by Crippen LogP contribution is -2.50. The molecule has 1 aliphatic heterocycles. The molecule has 2 heterocycles. The summed E-state index contributed by atoms with van der Waals surface area (Å²) in [4.78, 5) is 15.0. The molecule has 1 amide bonds. The molecule has 2 fully saturated rings. The molecule has 2 aliphatic rings. The van der Waals surface area contributed by atoms with Crippen molar-refractivity contribution in [1.82, 2.24) is 10.2 Å². The molecule has 202 valence electrons. The molecule has 5 nitrogen and oxygen atoms in total. The number of halogens is 4. The Hall–Kier alpha value is -2.59. The molecule has 0 bridgehead atoms. The number of rotatable bonds is 10. The van der Waals surface area contributed by atoms with Gasteiger partial charge in [-0.25, -0.2) is 4.39 Å². The number of carbonyl (C=O) groups is 1. The minimum absolute atomic E-state index is 0.147. The molecule has 2 aromatic carbocycles. The Kier molecular flexibility index (Phi) is 8.00. The van der Waals surface area contributed by atoms with Crippen molar-refractivity contribution in [2.75, 3.05) is 19.6 Å². The maximum absolute atomic E-state index is 15.3. The van der Waals surface area contributed by atoms with E-state index >= 15 is 8.78 Å². The number of benzene rings is 2. The van der Waals surface area contributed by atoms with Crippen molar-refractivity contribution in [3.63, 3.8) is 0 Å². The van der Waals surface area contributed by atoms with Gasteiger partial charge in [0.15, 0.2) is 0 Å². The number of amides is 1. The average molecular weight is 565 g/mol. The summed E-state index contributed by atoms with van der Waals surface area (Å²) in [6, 6.07) is 12.0. The largest absolute Gasteiger partial charge is 0.489 e. The van der Waals surface area contributed by atoms with E-state index in [1.165, 1.54) is 36.4 Å². The number of aliphatic hydroxyl groups excluding tert-OH is 1. The van der Waals surface area contributed by atoms with Gasteiger partial charge in [-0.3, -0.25) is 4.79 Å². The second kappa shape index (κ2) is 11.3. The maximum Gasteiger partial charge on any atom is 0.358 e. The van der Waals surface area contributed by atoms with E-state index in [1.807, 2.05) is 4.90 Å². The van der Waals surface area contributed by atoms with Crippen molar-refractivity contribution in [3.05, 3.63) is 75.9 Å². The zero-order valence-electron chi connectivity index (χ0n) is 20.5. The SMILES string of the molecule is O=C(NC(CN1CCCC1)C(O)c1ccc(OC2CC2)c(Cl)c1)C(F)(F)c1ccc(-c2ccc(F)cc2)s1. The lowest BCUT2D eigenvalue weighted by Gasteiger charge is -2.30. The number of nitrogens with zero attached hydrogens (tertiary/aromatic N) is 1.